The minimum Gasteiger partial charge on any atom is -0.236 e. The molecule has 0 unspecified atom stereocenters. The monoisotopic (exact) mass is 427 g/mol. The summed E-state index contributed by atoms with van der Waals surface area (Å²) in [4.78, 5) is 4.54. The molecule has 0 bridgehead atoms. The number of allylic oxidation sites excluding steroid dienone is 4. The summed E-state index contributed by atoms with van der Waals surface area (Å²) >= 11 is 0. The van der Waals surface area contributed by atoms with Gasteiger partial charge < -0.3 is 0 Å². The van der Waals surface area contributed by atoms with E-state index in [1.165, 1.54) is 5.39 Å². The maximum atomic E-state index is 4.84. The third-order valence-corrected chi connectivity index (χ3v) is 5.83. The minimum absolute atomic E-state index is 0.678. The fraction of sp³-hybridized carbons (Fsp3) is 0.0357. The van der Waals surface area contributed by atoms with Crippen molar-refractivity contribution in [1.29, 1.82) is 0 Å². The lowest BCUT2D eigenvalue weighted by Gasteiger charge is -2.00. The summed E-state index contributed by atoms with van der Waals surface area (Å²) in [5, 5.41) is 11.8. The Hall–Kier alpha value is -4.51. The van der Waals surface area contributed by atoms with Crippen molar-refractivity contribution in [3.05, 3.63) is 109 Å². The van der Waals surface area contributed by atoms with Crippen molar-refractivity contribution >= 4 is 50.4 Å². The van der Waals surface area contributed by atoms with Crippen LogP contribution >= 0.6 is 0 Å². The zero-order valence-corrected chi connectivity index (χ0v) is 18.1. The number of nitrogens with zero attached hydrogens (tertiary/aromatic N) is 5. The Morgan fingerprint density at radius 3 is 2.09 bits per heavy atom. The normalized spacial score (nSPS) is 12.9. The molecule has 0 amide bonds. The summed E-state index contributed by atoms with van der Waals surface area (Å²) in [7, 11) is 0. The van der Waals surface area contributed by atoms with E-state index >= 15 is 0 Å². The quantitative estimate of drug-likeness (QED) is 0.234. The lowest BCUT2D eigenvalue weighted by atomic mass is 10.1. The highest BCUT2D eigenvalue weighted by Crippen LogP contribution is 2.22. The minimum atomic E-state index is 0.678. The van der Waals surface area contributed by atoms with Gasteiger partial charge >= 0.3 is 0 Å². The number of rotatable bonds is 4. The number of pyridine rings is 2. The highest BCUT2D eigenvalue weighted by atomic mass is 15.3. The van der Waals surface area contributed by atoms with Crippen molar-refractivity contribution in [1.82, 2.24) is 19.2 Å². The first-order valence-corrected chi connectivity index (χ1v) is 10.9. The lowest BCUT2D eigenvalue weighted by molar-refractivity contribution is 0.992. The highest BCUT2D eigenvalue weighted by Gasteiger charge is 2.07. The maximum Gasteiger partial charge on any atom is 0.174 e. The average Bonchev–Trinajstić information content (AvgIpc) is 3.48. The van der Waals surface area contributed by atoms with E-state index in [2.05, 4.69) is 70.8 Å². The molecule has 5 nitrogen and oxygen atoms in total. The number of aromatic nitrogens is 4. The van der Waals surface area contributed by atoms with Crippen molar-refractivity contribution in [3.63, 3.8) is 0 Å². The first-order chi connectivity index (χ1) is 16.3. The van der Waals surface area contributed by atoms with E-state index in [0.29, 0.717) is 5.82 Å². The van der Waals surface area contributed by atoms with Crippen LogP contribution in [-0.4, -0.2) is 25.4 Å². The number of para-hydroxylation sites is 2. The van der Waals surface area contributed by atoms with E-state index in [9.17, 15) is 0 Å². The predicted molar refractivity (Wildman–Crippen MR) is 136 cm³/mol. The molecule has 33 heavy (non-hydrogen) atoms. The van der Waals surface area contributed by atoms with Crippen molar-refractivity contribution in [2.45, 2.75) is 6.92 Å². The summed E-state index contributed by atoms with van der Waals surface area (Å²) in [6.07, 6.45) is 7.79. The Bertz CT molecular complexity index is 1730. The van der Waals surface area contributed by atoms with Gasteiger partial charge in [-0.15, -0.1) is 5.10 Å². The molecule has 6 aromatic rings. The van der Waals surface area contributed by atoms with Crippen molar-refractivity contribution < 1.29 is 0 Å². The van der Waals surface area contributed by atoms with Crippen molar-refractivity contribution in [3.8, 4) is 0 Å². The van der Waals surface area contributed by atoms with Crippen molar-refractivity contribution in [2.75, 3.05) is 0 Å². The summed E-state index contributed by atoms with van der Waals surface area (Å²) < 4.78 is 3.93. The number of aliphatic imine (C=N–C) groups is 1. The summed E-state index contributed by atoms with van der Waals surface area (Å²) in [6.45, 7) is 2.02. The number of benzene rings is 2. The second kappa shape index (κ2) is 7.88. The molecule has 0 radical (unpaired) electrons. The van der Waals surface area contributed by atoms with E-state index in [1.807, 2.05) is 58.4 Å². The molecule has 0 atom stereocenters. The van der Waals surface area contributed by atoms with Crippen LogP contribution in [0.3, 0.4) is 0 Å². The molecule has 5 heteroatoms. The van der Waals surface area contributed by atoms with Crippen LogP contribution in [0.4, 0.5) is 5.82 Å². The number of hydrogen-bond donors (Lipinski definition) is 0. The Morgan fingerprint density at radius 1 is 0.758 bits per heavy atom. The molecule has 0 fully saturated rings. The second-order valence-electron chi connectivity index (χ2n) is 7.87. The maximum absolute atomic E-state index is 4.84. The fourth-order valence-corrected chi connectivity index (χ4v) is 4.19. The van der Waals surface area contributed by atoms with Crippen LogP contribution < -0.4 is 0 Å². The van der Waals surface area contributed by atoms with Crippen LogP contribution in [0.1, 0.15) is 12.6 Å². The van der Waals surface area contributed by atoms with Gasteiger partial charge in [0.2, 0.25) is 0 Å². The van der Waals surface area contributed by atoms with E-state index < -0.39 is 0 Å². The Labute approximate surface area is 190 Å². The predicted octanol–water partition coefficient (Wildman–Crippen LogP) is 6.65. The van der Waals surface area contributed by atoms with Gasteiger partial charge in [0.15, 0.2) is 5.82 Å². The zero-order valence-electron chi connectivity index (χ0n) is 18.1. The zero-order chi connectivity index (χ0) is 22.2. The molecule has 0 aliphatic heterocycles. The summed E-state index contributed by atoms with van der Waals surface area (Å²) in [6, 6.07) is 29.0. The smallest absolute Gasteiger partial charge is 0.174 e. The van der Waals surface area contributed by atoms with Gasteiger partial charge in [0.1, 0.15) is 0 Å². The molecule has 158 valence electrons. The molecule has 0 aliphatic carbocycles. The Kier molecular flexibility index (Phi) is 4.58. The second-order valence-corrected chi connectivity index (χ2v) is 7.87. The van der Waals surface area contributed by atoms with Crippen molar-refractivity contribution in [2.24, 2.45) is 4.99 Å². The van der Waals surface area contributed by atoms with Gasteiger partial charge in [-0.3, -0.25) is 0 Å². The molecule has 0 spiro atoms. The topological polar surface area (TPSA) is 47.0 Å². The molecule has 4 aromatic heterocycles. The fourth-order valence-electron chi connectivity index (χ4n) is 4.19. The van der Waals surface area contributed by atoms with Gasteiger partial charge in [-0.2, -0.15) is 5.10 Å². The highest BCUT2D eigenvalue weighted by molar-refractivity contribution is 5.86. The Morgan fingerprint density at radius 2 is 1.39 bits per heavy atom. The van der Waals surface area contributed by atoms with Gasteiger partial charge in [-0.1, -0.05) is 60.7 Å². The molecular formula is C28H21N5. The van der Waals surface area contributed by atoms with Crippen LogP contribution in [0.5, 0.6) is 0 Å². The van der Waals surface area contributed by atoms with Crippen LogP contribution in [0.25, 0.3) is 38.4 Å². The first-order valence-electron chi connectivity index (χ1n) is 10.9. The molecule has 0 saturated heterocycles. The molecule has 0 aliphatic rings. The summed E-state index contributed by atoms with van der Waals surface area (Å²) in [5.41, 5.74) is 6.23. The largest absolute Gasteiger partial charge is 0.236 e. The van der Waals surface area contributed by atoms with E-state index in [-0.39, 0.29) is 0 Å². The molecule has 6 rings (SSSR count). The van der Waals surface area contributed by atoms with Gasteiger partial charge in [0, 0.05) is 23.1 Å². The lowest BCUT2D eigenvalue weighted by Crippen LogP contribution is -1.90. The van der Waals surface area contributed by atoms with Crippen LogP contribution in [-0.2, 0) is 0 Å². The number of fused-ring (bicyclic) bond motifs is 6. The molecule has 0 N–H and O–H groups in total. The molecule has 0 saturated carbocycles. The third-order valence-electron chi connectivity index (χ3n) is 5.83. The molecular weight excluding hydrogens is 406 g/mol. The Balaban J connectivity index is 1.28. The van der Waals surface area contributed by atoms with Crippen LogP contribution in [0.2, 0.25) is 0 Å². The third kappa shape index (κ3) is 3.40. The molecule has 4 heterocycles. The van der Waals surface area contributed by atoms with Gasteiger partial charge in [0.05, 0.1) is 27.8 Å². The standard InChI is InChI=1S/C28H21N5/c1-2-20(25-18-23-15-13-21-8-3-5-11-26(21)32(23)30-25)10-7-17-29-28-19-24-16-14-22-9-4-6-12-27(22)33(24)31-28/h2-19H,1H3/b10-7-,20-2+,29-17+. The van der Waals surface area contributed by atoms with Gasteiger partial charge in [-0.25, -0.2) is 14.0 Å². The first kappa shape index (κ1) is 19.2. The van der Waals surface area contributed by atoms with E-state index in [4.69, 9.17) is 5.10 Å². The summed E-state index contributed by atoms with van der Waals surface area (Å²) in [5.74, 6) is 0.678. The van der Waals surface area contributed by atoms with Crippen LogP contribution in [0.15, 0.2) is 108 Å². The van der Waals surface area contributed by atoms with Gasteiger partial charge in [-0.05, 0) is 48.9 Å². The SMILES string of the molecule is C\C=C(/C=C\C=N\c1cc2ccc3ccccc3n2n1)c1cc2ccc3ccccc3n2n1. The van der Waals surface area contributed by atoms with Crippen LogP contribution in [0, 0.1) is 0 Å². The molecule has 2 aromatic carbocycles. The van der Waals surface area contributed by atoms with Gasteiger partial charge in [0.25, 0.3) is 0 Å². The van der Waals surface area contributed by atoms with E-state index in [1.54, 1.807) is 6.21 Å². The van der Waals surface area contributed by atoms with E-state index in [0.717, 1.165) is 38.7 Å². The number of hydrogen-bond acceptors (Lipinski definition) is 3. The average molecular weight is 428 g/mol.